The van der Waals surface area contributed by atoms with E-state index in [1.165, 1.54) is 51.8 Å². The molecule has 1 aliphatic carbocycles. The molecular formula is C29H40F2N2O3. The molecule has 198 valence electrons. The third-order valence-corrected chi connectivity index (χ3v) is 8.61. The van der Waals surface area contributed by atoms with Crippen LogP contribution in [0.4, 0.5) is 8.78 Å². The summed E-state index contributed by atoms with van der Waals surface area (Å²) in [7, 11) is 1.54. The van der Waals surface area contributed by atoms with E-state index >= 15 is 4.39 Å². The molecule has 1 unspecified atom stereocenters. The Bertz CT molecular complexity index is 1010. The van der Waals surface area contributed by atoms with Gasteiger partial charge in [0.15, 0.2) is 0 Å². The summed E-state index contributed by atoms with van der Waals surface area (Å²) in [6, 6.07) is 5.22. The zero-order valence-electron chi connectivity index (χ0n) is 21.5. The summed E-state index contributed by atoms with van der Waals surface area (Å²) in [5.74, 6) is 0.566. The average molecular weight is 503 g/mol. The number of likely N-dealkylation sites (tertiary alicyclic amines) is 1. The maximum absolute atomic E-state index is 15.8. The number of fused-ring (bicyclic) bond motifs is 1. The number of benzene rings is 1. The molecule has 4 rings (SSSR count). The zero-order chi connectivity index (χ0) is 25.5. The lowest BCUT2D eigenvalue weighted by molar-refractivity contribution is -0.141. The Kier molecular flexibility index (Phi) is 9.15. The molecule has 1 atom stereocenters. The number of carboxylic acid groups (broad SMARTS) is 1. The van der Waals surface area contributed by atoms with Crippen LogP contribution in [0.25, 0.3) is 10.9 Å². The van der Waals surface area contributed by atoms with Crippen LogP contribution in [0.1, 0.15) is 87.9 Å². The number of hydrogen-bond acceptors (Lipinski definition) is 4. The summed E-state index contributed by atoms with van der Waals surface area (Å²) in [6.45, 7) is 2.00. The van der Waals surface area contributed by atoms with Crippen LogP contribution < -0.4 is 4.74 Å². The Morgan fingerprint density at radius 1 is 1.25 bits per heavy atom. The maximum atomic E-state index is 15.8. The number of halogens is 2. The number of alkyl halides is 2. The third-order valence-electron chi connectivity index (χ3n) is 8.61. The minimum Gasteiger partial charge on any atom is -0.497 e. The number of carboxylic acids is 1. The van der Waals surface area contributed by atoms with Crippen LogP contribution in [0.3, 0.4) is 0 Å². The fourth-order valence-corrected chi connectivity index (χ4v) is 6.34. The number of hydrogen-bond donors (Lipinski definition) is 1. The second-order valence-electron chi connectivity index (χ2n) is 10.9. The largest absolute Gasteiger partial charge is 0.497 e. The highest BCUT2D eigenvalue weighted by Crippen LogP contribution is 2.43. The van der Waals surface area contributed by atoms with Crippen molar-refractivity contribution >= 4 is 16.9 Å². The molecule has 0 spiro atoms. The summed E-state index contributed by atoms with van der Waals surface area (Å²) in [6.07, 6.45) is 10.2. The molecule has 0 bridgehead atoms. The van der Waals surface area contributed by atoms with E-state index in [1.807, 2.05) is 0 Å². The maximum Gasteiger partial charge on any atom is 0.303 e. The van der Waals surface area contributed by atoms with Crippen molar-refractivity contribution in [3.63, 3.8) is 0 Å². The van der Waals surface area contributed by atoms with Gasteiger partial charge in [0.2, 0.25) is 0 Å². The molecule has 1 saturated carbocycles. The second-order valence-corrected chi connectivity index (χ2v) is 10.9. The van der Waals surface area contributed by atoms with Gasteiger partial charge in [-0.3, -0.25) is 9.78 Å². The van der Waals surface area contributed by atoms with Gasteiger partial charge in [0.1, 0.15) is 18.6 Å². The first kappa shape index (κ1) is 26.8. The molecule has 1 saturated heterocycles. The van der Waals surface area contributed by atoms with Gasteiger partial charge in [-0.2, -0.15) is 0 Å². The Morgan fingerprint density at radius 2 is 2.00 bits per heavy atom. The van der Waals surface area contributed by atoms with Gasteiger partial charge in [-0.1, -0.05) is 32.1 Å². The summed E-state index contributed by atoms with van der Waals surface area (Å²) in [5.41, 5.74) is 0.732. The molecule has 1 N–H and O–H groups in total. The molecule has 5 nitrogen and oxygen atoms in total. The predicted octanol–water partition coefficient (Wildman–Crippen LogP) is 7.03. The normalized spacial score (nSPS) is 19.9. The summed E-state index contributed by atoms with van der Waals surface area (Å²) in [4.78, 5) is 18.5. The van der Waals surface area contributed by atoms with Crippen LogP contribution in [-0.4, -0.2) is 47.7 Å². The first-order chi connectivity index (χ1) is 17.4. The molecule has 0 amide bonds. The topological polar surface area (TPSA) is 62.7 Å². The molecule has 1 aromatic heterocycles. The van der Waals surface area contributed by atoms with Crippen LogP contribution in [0, 0.1) is 11.3 Å². The zero-order valence-corrected chi connectivity index (χ0v) is 21.5. The van der Waals surface area contributed by atoms with Gasteiger partial charge < -0.3 is 14.7 Å². The van der Waals surface area contributed by atoms with Gasteiger partial charge in [0.25, 0.3) is 0 Å². The molecule has 7 heteroatoms. The van der Waals surface area contributed by atoms with Crippen molar-refractivity contribution in [2.24, 2.45) is 11.3 Å². The molecule has 36 heavy (non-hydrogen) atoms. The number of pyridine rings is 1. The number of piperidine rings is 1. The smallest absolute Gasteiger partial charge is 0.303 e. The number of rotatable bonds is 11. The predicted molar refractivity (Wildman–Crippen MR) is 138 cm³/mol. The number of nitrogens with zero attached hydrogens (tertiary/aromatic N) is 2. The molecule has 0 radical (unpaired) electrons. The van der Waals surface area contributed by atoms with E-state index in [0.717, 1.165) is 38.4 Å². The van der Waals surface area contributed by atoms with Crippen molar-refractivity contribution < 1.29 is 23.4 Å². The number of methoxy groups -OCH3 is 1. The van der Waals surface area contributed by atoms with Gasteiger partial charge in [0.05, 0.1) is 19.0 Å². The van der Waals surface area contributed by atoms with Crippen LogP contribution in [-0.2, 0) is 11.5 Å². The standard InChI is InChI=1S/C29H40F2N2O3/c1-36-23-7-8-26-24(17-23)28(22(19-30)20-32-26)25(31)9-11-29(18-27(34)35)12-15-33(16-13-29)14-10-21-5-3-2-4-6-21/h7-8,17,20-21,25H,2-6,9-16,18-19H2,1H3,(H,34,35). The summed E-state index contributed by atoms with van der Waals surface area (Å²) in [5, 5.41) is 10.2. The number of aromatic nitrogens is 1. The van der Waals surface area contributed by atoms with E-state index in [2.05, 4.69) is 9.88 Å². The second kappa shape index (κ2) is 12.3. The van der Waals surface area contributed by atoms with Crippen LogP contribution in [0.5, 0.6) is 5.75 Å². The van der Waals surface area contributed by atoms with Crippen molar-refractivity contribution in [2.75, 3.05) is 26.7 Å². The average Bonchev–Trinajstić information content (AvgIpc) is 2.90. The third kappa shape index (κ3) is 6.53. The molecule has 1 aliphatic heterocycles. The van der Waals surface area contributed by atoms with Crippen LogP contribution in [0.15, 0.2) is 24.4 Å². The van der Waals surface area contributed by atoms with Crippen molar-refractivity contribution in [1.29, 1.82) is 0 Å². The van der Waals surface area contributed by atoms with Gasteiger partial charge in [-0.05, 0) is 81.3 Å². The first-order valence-corrected chi connectivity index (χ1v) is 13.5. The minimum absolute atomic E-state index is 0.0526. The fraction of sp³-hybridized carbons (Fsp3) is 0.655. The van der Waals surface area contributed by atoms with E-state index in [1.54, 1.807) is 18.2 Å². The van der Waals surface area contributed by atoms with Crippen molar-refractivity contribution in [2.45, 2.75) is 83.5 Å². The summed E-state index contributed by atoms with van der Waals surface area (Å²) < 4.78 is 34.9. The Labute approximate surface area is 213 Å². The number of ether oxygens (including phenoxy) is 1. The highest BCUT2D eigenvalue weighted by atomic mass is 19.1. The highest BCUT2D eigenvalue weighted by Gasteiger charge is 2.37. The Hall–Kier alpha value is -2.28. The van der Waals surface area contributed by atoms with E-state index in [9.17, 15) is 14.3 Å². The SMILES string of the molecule is COc1ccc2ncc(CF)c(C(F)CCC3(CC(=O)O)CCN(CCC4CCCCC4)CC3)c2c1. The van der Waals surface area contributed by atoms with E-state index in [-0.39, 0.29) is 18.4 Å². The van der Waals surface area contributed by atoms with Crippen LogP contribution >= 0.6 is 0 Å². The Balaban J connectivity index is 1.43. The van der Waals surface area contributed by atoms with Crippen molar-refractivity contribution in [1.82, 2.24) is 9.88 Å². The molecule has 2 fully saturated rings. The van der Waals surface area contributed by atoms with Gasteiger partial charge in [-0.15, -0.1) is 0 Å². The lowest BCUT2D eigenvalue weighted by atomic mass is 9.71. The highest BCUT2D eigenvalue weighted by molar-refractivity contribution is 5.85. The monoisotopic (exact) mass is 502 g/mol. The quantitative estimate of drug-likeness (QED) is 0.357. The lowest BCUT2D eigenvalue weighted by Gasteiger charge is -2.42. The molecule has 2 aliphatic rings. The van der Waals surface area contributed by atoms with Gasteiger partial charge in [0, 0.05) is 22.7 Å². The number of carbonyl (C=O) groups is 1. The minimum atomic E-state index is -1.40. The number of aliphatic carboxylic acids is 1. The van der Waals surface area contributed by atoms with E-state index in [0.29, 0.717) is 28.6 Å². The van der Waals surface area contributed by atoms with Gasteiger partial charge in [-0.25, -0.2) is 8.78 Å². The Morgan fingerprint density at radius 3 is 2.67 bits per heavy atom. The van der Waals surface area contributed by atoms with E-state index in [4.69, 9.17) is 4.74 Å². The fourth-order valence-electron chi connectivity index (χ4n) is 6.34. The lowest BCUT2D eigenvalue weighted by Crippen LogP contribution is -2.42. The van der Waals surface area contributed by atoms with Gasteiger partial charge >= 0.3 is 5.97 Å². The molecule has 1 aromatic carbocycles. The molecule has 2 heterocycles. The van der Waals surface area contributed by atoms with Crippen molar-refractivity contribution in [3.05, 3.63) is 35.5 Å². The van der Waals surface area contributed by atoms with Crippen LogP contribution in [0.2, 0.25) is 0 Å². The molecule has 2 aromatic rings. The summed E-state index contributed by atoms with van der Waals surface area (Å²) >= 11 is 0. The first-order valence-electron chi connectivity index (χ1n) is 13.5. The van der Waals surface area contributed by atoms with Crippen molar-refractivity contribution in [3.8, 4) is 5.75 Å². The molecular weight excluding hydrogens is 462 g/mol. The van der Waals surface area contributed by atoms with E-state index < -0.39 is 24.2 Å².